The van der Waals surface area contributed by atoms with Crippen LogP contribution >= 0.6 is 24.4 Å². The summed E-state index contributed by atoms with van der Waals surface area (Å²) in [4.78, 5) is 2.15. The van der Waals surface area contributed by atoms with E-state index in [1.54, 1.807) is 0 Å². The standard InChI is InChI=1S/C10H9F5N2O2S2/c11-5-2-17(8(21)16-6(5)20)7-9(12,10(13,14)15)1-4(3-18)19-7/h2,4,7,18H,1,3H2,(H,16,20,21)/t4-,7+,9?/m0/s1. The van der Waals surface area contributed by atoms with Gasteiger partial charge in [0, 0.05) is 12.6 Å². The fraction of sp³-hybridized carbons (Fsp3) is 0.600. The lowest BCUT2D eigenvalue weighted by Crippen LogP contribution is -2.45. The first-order valence-electron chi connectivity index (χ1n) is 5.63. The SMILES string of the molecule is OC[C@@H]1CC(F)(C(F)(F)F)[C@H](n2cc(F)c(=S)[nH]c2=S)O1. The molecule has 1 fully saturated rings. The van der Waals surface area contributed by atoms with Crippen molar-refractivity contribution in [2.75, 3.05) is 6.61 Å². The van der Waals surface area contributed by atoms with Crippen molar-refractivity contribution in [1.82, 2.24) is 9.55 Å². The summed E-state index contributed by atoms with van der Waals surface area (Å²) in [5, 5.41) is 8.90. The predicted octanol–water partition coefficient (Wildman–Crippen LogP) is 2.96. The lowest BCUT2D eigenvalue weighted by molar-refractivity contribution is -0.256. The quantitative estimate of drug-likeness (QED) is 0.637. The third-order valence-corrected chi connectivity index (χ3v) is 3.70. The van der Waals surface area contributed by atoms with Gasteiger partial charge in [-0.15, -0.1) is 0 Å². The van der Waals surface area contributed by atoms with Gasteiger partial charge in [0.15, 0.2) is 16.8 Å². The van der Waals surface area contributed by atoms with Crippen LogP contribution in [-0.2, 0) is 4.74 Å². The van der Waals surface area contributed by atoms with Crippen molar-refractivity contribution in [1.29, 1.82) is 0 Å². The molecule has 4 nitrogen and oxygen atoms in total. The molecule has 0 aromatic carbocycles. The van der Waals surface area contributed by atoms with Crippen LogP contribution < -0.4 is 0 Å². The van der Waals surface area contributed by atoms with Crippen molar-refractivity contribution in [3.63, 3.8) is 0 Å². The van der Waals surface area contributed by atoms with E-state index in [4.69, 9.17) is 22.1 Å². The van der Waals surface area contributed by atoms with E-state index in [0.717, 1.165) is 0 Å². The van der Waals surface area contributed by atoms with E-state index in [1.807, 2.05) is 0 Å². The van der Waals surface area contributed by atoms with Crippen LogP contribution in [0.1, 0.15) is 12.6 Å². The molecule has 118 valence electrons. The minimum atomic E-state index is -5.28. The highest BCUT2D eigenvalue weighted by molar-refractivity contribution is 7.72. The molecule has 1 aliphatic heterocycles. The first-order valence-corrected chi connectivity index (χ1v) is 6.44. The molecular formula is C10H9F5N2O2S2. The number of aliphatic hydroxyl groups excluding tert-OH is 1. The minimum absolute atomic E-state index is 0.413. The van der Waals surface area contributed by atoms with Crippen LogP contribution in [0.4, 0.5) is 22.0 Å². The minimum Gasteiger partial charge on any atom is -0.394 e. The number of alkyl halides is 4. The maximum absolute atomic E-state index is 14.4. The fourth-order valence-corrected chi connectivity index (χ4v) is 2.52. The number of aromatic nitrogens is 2. The van der Waals surface area contributed by atoms with Gasteiger partial charge in [-0.05, 0) is 12.2 Å². The topological polar surface area (TPSA) is 50.2 Å². The van der Waals surface area contributed by atoms with E-state index < -0.39 is 52.4 Å². The number of ether oxygens (including phenoxy) is 1. The Balaban J connectivity index is 2.58. The van der Waals surface area contributed by atoms with Crippen molar-refractivity contribution >= 4 is 24.4 Å². The number of aromatic amines is 1. The average molecular weight is 348 g/mol. The summed E-state index contributed by atoms with van der Waals surface area (Å²) < 4.78 is 71.3. The van der Waals surface area contributed by atoms with Crippen LogP contribution in [0.5, 0.6) is 0 Å². The summed E-state index contributed by atoms with van der Waals surface area (Å²) in [6, 6.07) is 0. The third-order valence-electron chi connectivity index (χ3n) is 3.09. The first-order chi connectivity index (χ1) is 9.60. The van der Waals surface area contributed by atoms with E-state index in [2.05, 4.69) is 17.2 Å². The lowest BCUT2D eigenvalue weighted by Gasteiger charge is -2.29. The second-order valence-corrected chi connectivity index (χ2v) is 5.30. The van der Waals surface area contributed by atoms with Gasteiger partial charge in [0.05, 0.1) is 12.7 Å². The number of hydrogen-bond donors (Lipinski definition) is 2. The Hall–Kier alpha value is -0.910. The highest BCUT2D eigenvalue weighted by atomic mass is 32.1. The molecule has 2 heterocycles. The Kier molecular flexibility index (Phi) is 4.21. The predicted molar refractivity (Wildman–Crippen MR) is 65.9 cm³/mol. The molecule has 0 spiro atoms. The summed E-state index contributed by atoms with van der Waals surface area (Å²) in [5.41, 5.74) is -3.80. The highest BCUT2D eigenvalue weighted by Crippen LogP contribution is 2.51. The number of nitrogens with zero attached hydrogens (tertiary/aromatic N) is 1. The second kappa shape index (κ2) is 5.38. The number of halogens is 5. The molecule has 2 N–H and O–H groups in total. The fourth-order valence-electron chi connectivity index (χ4n) is 2.05. The number of aliphatic hydroxyl groups is 1. The van der Waals surface area contributed by atoms with Crippen molar-refractivity contribution in [2.45, 2.75) is 30.6 Å². The summed E-state index contributed by atoms with van der Waals surface area (Å²) in [5.74, 6) is -1.07. The van der Waals surface area contributed by atoms with E-state index in [9.17, 15) is 22.0 Å². The molecule has 1 aromatic heterocycles. The van der Waals surface area contributed by atoms with E-state index in [0.29, 0.717) is 10.8 Å². The molecule has 0 saturated carbocycles. The van der Waals surface area contributed by atoms with Crippen molar-refractivity contribution in [3.05, 3.63) is 21.4 Å². The molecule has 21 heavy (non-hydrogen) atoms. The number of rotatable bonds is 2. The van der Waals surface area contributed by atoms with Crippen LogP contribution in [0.15, 0.2) is 6.20 Å². The van der Waals surface area contributed by atoms with Gasteiger partial charge in [-0.2, -0.15) is 13.2 Å². The largest absolute Gasteiger partial charge is 0.427 e. The molecule has 0 radical (unpaired) electrons. The van der Waals surface area contributed by atoms with Gasteiger partial charge in [0.1, 0.15) is 4.64 Å². The zero-order valence-corrected chi connectivity index (χ0v) is 11.8. The van der Waals surface area contributed by atoms with Crippen LogP contribution in [0.3, 0.4) is 0 Å². The van der Waals surface area contributed by atoms with Crippen LogP contribution in [-0.4, -0.2) is 39.2 Å². The second-order valence-electron chi connectivity index (χ2n) is 4.50. The molecule has 11 heteroatoms. The molecule has 2 rings (SSSR count). The maximum atomic E-state index is 14.4. The molecule has 1 saturated heterocycles. The Morgan fingerprint density at radius 1 is 1.48 bits per heavy atom. The Bertz CT molecular complexity index is 658. The number of nitrogens with one attached hydrogen (secondary N) is 1. The Morgan fingerprint density at radius 3 is 2.62 bits per heavy atom. The van der Waals surface area contributed by atoms with E-state index in [1.165, 1.54) is 0 Å². The van der Waals surface area contributed by atoms with Crippen molar-refractivity contribution in [3.8, 4) is 0 Å². The van der Waals surface area contributed by atoms with Crippen molar-refractivity contribution in [2.24, 2.45) is 0 Å². The van der Waals surface area contributed by atoms with E-state index in [-0.39, 0.29) is 0 Å². The zero-order valence-electron chi connectivity index (χ0n) is 10.2. The average Bonchev–Trinajstić information content (AvgIpc) is 2.72. The van der Waals surface area contributed by atoms with Gasteiger partial charge in [-0.25, -0.2) is 8.78 Å². The van der Waals surface area contributed by atoms with Gasteiger partial charge in [0.25, 0.3) is 5.67 Å². The van der Waals surface area contributed by atoms with Gasteiger partial charge in [-0.3, -0.25) is 4.57 Å². The normalized spacial score (nSPS) is 29.8. The smallest absolute Gasteiger partial charge is 0.394 e. The first kappa shape index (κ1) is 16.5. The van der Waals surface area contributed by atoms with Crippen LogP contribution in [0, 0.1) is 15.2 Å². The number of hydrogen-bond acceptors (Lipinski definition) is 4. The van der Waals surface area contributed by atoms with Gasteiger partial charge >= 0.3 is 6.18 Å². The van der Waals surface area contributed by atoms with Crippen LogP contribution in [0.25, 0.3) is 0 Å². The zero-order chi connectivity index (χ0) is 16.0. The maximum Gasteiger partial charge on any atom is 0.427 e. The molecule has 1 aromatic rings. The third kappa shape index (κ3) is 2.74. The highest BCUT2D eigenvalue weighted by Gasteiger charge is 2.67. The van der Waals surface area contributed by atoms with Gasteiger partial charge in [-0.1, -0.05) is 12.2 Å². The summed E-state index contributed by atoms with van der Waals surface area (Å²) in [6.07, 6.45) is -9.47. The Labute approximate surface area is 125 Å². The molecule has 0 aliphatic carbocycles. The van der Waals surface area contributed by atoms with E-state index >= 15 is 0 Å². The molecule has 1 aliphatic rings. The summed E-state index contributed by atoms with van der Waals surface area (Å²) in [6.45, 7) is -0.809. The Morgan fingerprint density at radius 2 is 2.10 bits per heavy atom. The number of H-pyrrole nitrogens is 1. The van der Waals surface area contributed by atoms with Gasteiger partial charge < -0.3 is 14.8 Å². The molecule has 0 bridgehead atoms. The van der Waals surface area contributed by atoms with Gasteiger partial charge in [0.2, 0.25) is 0 Å². The molecule has 1 unspecified atom stereocenters. The van der Waals surface area contributed by atoms with Crippen LogP contribution in [0.2, 0.25) is 0 Å². The summed E-state index contributed by atoms with van der Waals surface area (Å²) in [7, 11) is 0. The van der Waals surface area contributed by atoms with Crippen molar-refractivity contribution < 1.29 is 31.8 Å². The molecule has 3 atom stereocenters. The monoisotopic (exact) mass is 348 g/mol. The molecule has 0 amide bonds. The summed E-state index contributed by atoms with van der Waals surface area (Å²) >= 11 is 9.28. The lowest BCUT2D eigenvalue weighted by atomic mass is 9.99. The molecular weight excluding hydrogens is 339 g/mol.